The fraction of sp³-hybridized carbons (Fsp3) is 0.562. The van der Waals surface area contributed by atoms with Crippen LogP contribution in [0.3, 0.4) is 0 Å². The molecule has 0 saturated heterocycles. The van der Waals surface area contributed by atoms with Crippen LogP contribution in [0, 0.1) is 19.8 Å². The molecule has 1 fully saturated rings. The van der Waals surface area contributed by atoms with Crippen molar-refractivity contribution in [1.29, 1.82) is 0 Å². The number of aryl methyl sites for hydroxylation is 2. The minimum absolute atomic E-state index is 0.0509. The molecule has 1 saturated carbocycles. The second-order valence-electron chi connectivity index (χ2n) is 6.15. The average Bonchev–Trinajstić information content (AvgIpc) is 3.15. The van der Waals surface area contributed by atoms with Gasteiger partial charge in [-0.05, 0) is 50.7 Å². The number of carbonyl (C=O) groups excluding carboxylic acids is 1. The van der Waals surface area contributed by atoms with Crippen LogP contribution in [0.15, 0.2) is 18.2 Å². The number of carbonyl (C=O) groups is 1. The lowest BCUT2D eigenvalue weighted by molar-refractivity contribution is -0.136. The molecule has 1 aromatic rings. The molecule has 0 heterocycles. The minimum atomic E-state index is -0.701. The van der Waals surface area contributed by atoms with Crippen molar-refractivity contribution in [3.8, 4) is 0 Å². The molecule has 0 spiro atoms. The number of nitrogens with zero attached hydrogens (tertiary/aromatic N) is 1. The molecule has 1 unspecified atom stereocenters. The summed E-state index contributed by atoms with van der Waals surface area (Å²) in [7, 11) is 1.84. The monoisotopic (exact) mass is 260 g/mol. The first-order valence-electron chi connectivity index (χ1n) is 6.93. The number of benzene rings is 1. The molecule has 1 atom stereocenters. The van der Waals surface area contributed by atoms with Crippen molar-refractivity contribution in [3.63, 3.8) is 0 Å². The molecule has 0 radical (unpaired) electrons. The highest BCUT2D eigenvalue weighted by Crippen LogP contribution is 2.39. The first-order valence-corrected chi connectivity index (χ1v) is 6.93. The van der Waals surface area contributed by atoms with Gasteiger partial charge in [0.2, 0.25) is 5.91 Å². The summed E-state index contributed by atoms with van der Waals surface area (Å²) in [6, 6.07) is 6.33. The van der Waals surface area contributed by atoms with E-state index in [1.165, 1.54) is 16.7 Å². The standard InChI is InChI=1S/C16H24N2O/c1-11-5-6-13(12(2)9-11)10-18(4)15(19)16(3,17)14-7-8-14/h5-6,9,14H,7-8,10,17H2,1-4H3. The molecule has 1 amide bonds. The summed E-state index contributed by atoms with van der Waals surface area (Å²) < 4.78 is 0. The van der Waals surface area contributed by atoms with Crippen molar-refractivity contribution in [2.24, 2.45) is 11.7 Å². The van der Waals surface area contributed by atoms with E-state index in [2.05, 4.69) is 32.0 Å². The third-order valence-corrected chi connectivity index (χ3v) is 4.14. The Balaban J connectivity index is 2.08. The number of hydrogen-bond acceptors (Lipinski definition) is 2. The lowest BCUT2D eigenvalue weighted by Gasteiger charge is -2.29. The number of rotatable bonds is 4. The quantitative estimate of drug-likeness (QED) is 0.903. The first-order chi connectivity index (χ1) is 8.82. The van der Waals surface area contributed by atoms with Gasteiger partial charge in [0.15, 0.2) is 0 Å². The summed E-state index contributed by atoms with van der Waals surface area (Å²) in [6.07, 6.45) is 2.16. The van der Waals surface area contributed by atoms with Gasteiger partial charge < -0.3 is 10.6 Å². The molecule has 1 aromatic carbocycles. The predicted octanol–water partition coefficient (Wildman–Crippen LogP) is 2.39. The second-order valence-corrected chi connectivity index (χ2v) is 6.15. The number of likely N-dealkylation sites (N-methyl/N-ethyl adjacent to an activating group) is 1. The smallest absolute Gasteiger partial charge is 0.242 e. The molecule has 1 aliphatic rings. The topological polar surface area (TPSA) is 46.3 Å². The Bertz CT molecular complexity index is 490. The van der Waals surface area contributed by atoms with E-state index in [0.29, 0.717) is 12.5 Å². The SMILES string of the molecule is Cc1ccc(CN(C)C(=O)C(C)(N)C2CC2)c(C)c1. The van der Waals surface area contributed by atoms with E-state index in [1.54, 1.807) is 4.90 Å². The Hall–Kier alpha value is -1.35. The van der Waals surface area contributed by atoms with Crippen LogP contribution in [-0.2, 0) is 11.3 Å². The average molecular weight is 260 g/mol. The zero-order chi connectivity index (χ0) is 14.2. The summed E-state index contributed by atoms with van der Waals surface area (Å²) in [5, 5.41) is 0. The highest BCUT2D eigenvalue weighted by Gasteiger charge is 2.45. The van der Waals surface area contributed by atoms with E-state index in [-0.39, 0.29) is 5.91 Å². The van der Waals surface area contributed by atoms with Gasteiger partial charge in [-0.15, -0.1) is 0 Å². The van der Waals surface area contributed by atoms with Crippen molar-refractivity contribution in [2.45, 2.75) is 45.7 Å². The van der Waals surface area contributed by atoms with Gasteiger partial charge in [0.1, 0.15) is 0 Å². The Morgan fingerprint density at radius 1 is 1.42 bits per heavy atom. The molecular formula is C16H24N2O. The Morgan fingerprint density at radius 2 is 2.05 bits per heavy atom. The van der Waals surface area contributed by atoms with Gasteiger partial charge >= 0.3 is 0 Å². The van der Waals surface area contributed by atoms with E-state index in [9.17, 15) is 4.79 Å². The molecule has 2 rings (SSSR count). The number of nitrogens with two attached hydrogens (primary N) is 1. The molecule has 104 valence electrons. The van der Waals surface area contributed by atoms with Crippen LogP contribution in [0.25, 0.3) is 0 Å². The highest BCUT2D eigenvalue weighted by atomic mass is 16.2. The van der Waals surface area contributed by atoms with Crippen molar-refractivity contribution in [2.75, 3.05) is 7.05 Å². The fourth-order valence-corrected chi connectivity index (χ4v) is 2.62. The molecule has 0 aromatic heterocycles. The van der Waals surface area contributed by atoms with E-state index < -0.39 is 5.54 Å². The molecule has 3 nitrogen and oxygen atoms in total. The highest BCUT2D eigenvalue weighted by molar-refractivity contribution is 5.86. The molecule has 1 aliphatic carbocycles. The number of amides is 1. The predicted molar refractivity (Wildman–Crippen MR) is 77.7 cm³/mol. The zero-order valence-electron chi connectivity index (χ0n) is 12.4. The lowest BCUT2D eigenvalue weighted by atomic mass is 9.95. The molecule has 19 heavy (non-hydrogen) atoms. The largest absolute Gasteiger partial charge is 0.340 e. The minimum Gasteiger partial charge on any atom is -0.340 e. The van der Waals surface area contributed by atoms with Crippen LogP contribution in [-0.4, -0.2) is 23.4 Å². The maximum atomic E-state index is 12.4. The van der Waals surface area contributed by atoms with Crippen molar-refractivity contribution >= 4 is 5.91 Å². The van der Waals surface area contributed by atoms with Crippen molar-refractivity contribution < 1.29 is 4.79 Å². The molecule has 2 N–H and O–H groups in total. The molecule has 0 bridgehead atoms. The van der Waals surface area contributed by atoms with Gasteiger partial charge in [0.05, 0.1) is 5.54 Å². The zero-order valence-corrected chi connectivity index (χ0v) is 12.4. The van der Waals surface area contributed by atoms with Gasteiger partial charge in [-0.3, -0.25) is 4.79 Å². The van der Waals surface area contributed by atoms with Gasteiger partial charge in [-0.1, -0.05) is 23.8 Å². The molecule has 3 heteroatoms. The van der Waals surface area contributed by atoms with Crippen LogP contribution in [0.1, 0.15) is 36.5 Å². The fourth-order valence-electron chi connectivity index (χ4n) is 2.62. The van der Waals surface area contributed by atoms with Crippen LogP contribution in [0.5, 0.6) is 0 Å². The van der Waals surface area contributed by atoms with Gasteiger partial charge in [-0.2, -0.15) is 0 Å². The van der Waals surface area contributed by atoms with Crippen LogP contribution in [0.2, 0.25) is 0 Å². The van der Waals surface area contributed by atoms with Crippen LogP contribution >= 0.6 is 0 Å². The second kappa shape index (κ2) is 4.97. The van der Waals surface area contributed by atoms with Crippen LogP contribution in [0.4, 0.5) is 0 Å². The van der Waals surface area contributed by atoms with Gasteiger partial charge in [0.25, 0.3) is 0 Å². The molecular weight excluding hydrogens is 236 g/mol. The van der Waals surface area contributed by atoms with E-state index in [0.717, 1.165) is 12.8 Å². The Morgan fingerprint density at radius 3 is 2.58 bits per heavy atom. The summed E-state index contributed by atoms with van der Waals surface area (Å²) in [6.45, 7) is 6.66. The maximum absolute atomic E-state index is 12.4. The Labute approximate surface area is 115 Å². The number of hydrogen-bond donors (Lipinski definition) is 1. The van der Waals surface area contributed by atoms with Crippen molar-refractivity contribution in [1.82, 2.24) is 4.90 Å². The first kappa shape index (κ1) is 14.1. The summed E-state index contributed by atoms with van der Waals surface area (Å²) in [5.41, 5.74) is 9.15. The van der Waals surface area contributed by atoms with E-state index in [4.69, 9.17) is 5.73 Å². The third kappa shape index (κ3) is 2.98. The van der Waals surface area contributed by atoms with Gasteiger partial charge in [0, 0.05) is 13.6 Å². The van der Waals surface area contributed by atoms with E-state index >= 15 is 0 Å². The third-order valence-electron chi connectivity index (χ3n) is 4.14. The summed E-state index contributed by atoms with van der Waals surface area (Å²) >= 11 is 0. The lowest BCUT2D eigenvalue weighted by Crippen LogP contribution is -2.53. The van der Waals surface area contributed by atoms with E-state index in [1.807, 2.05) is 14.0 Å². The Kier molecular flexibility index (Phi) is 3.68. The van der Waals surface area contributed by atoms with Gasteiger partial charge in [-0.25, -0.2) is 0 Å². The van der Waals surface area contributed by atoms with Crippen molar-refractivity contribution in [3.05, 3.63) is 34.9 Å². The maximum Gasteiger partial charge on any atom is 0.242 e. The molecule has 0 aliphatic heterocycles. The summed E-state index contributed by atoms with van der Waals surface area (Å²) in [5.74, 6) is 0.413. The summed E-state index contributed by atoms with van der Waals surface area (Å²) in [4.78, 5) is 14.2. The normalized spacial score (nSPS) is 17.9. The van der Waals surface area contributed by atoms with Crippen LogP contribution < -0.4 is 5.73 Å².